The van der Waals surface area contributed by atoms with E-state index in [0.29, 0.717) is 15.1 Å². The quantitative estimate of drug-likeness (QED) is 0.610. The van der Waals surface area contributed by atoms with Crippen LogP contribution in [0, 0.1) is 6.92 Å². The number of nitrogens with one attached hydrogen (secondary N) is 1. The van der Waals surface area contributed by atoms with E-state index in [1.807, 2.05) is 41.1 Å². The molecule has 28 heavy (non-hydrogen) atoms. The van der Waals surface area contributed by atoms with Gasteiger partial charge in [0.15, 0.2) is 0 Å². The zero-order valence-electron chi connectivity index (χ0n) is 15.6. The normalized spacial score (nSPS) is 15.1. The molecule has 0 radical (unpaired) electrons. The molecule has 0 unspecified atom stereocenters. The molecule has 0 atom stereocenters. The molecule has 0 bridgehead atoms. The van der Waals surface area contributed by atoms with Crippen LogP contribution in [0.4, 0.5) is 0 Å². The molecule has 1 aliphatic rings. The van der Waals surface area contributed by atoms with Crippen molar-refractivity contribution < 1.29 is 0 Å². The highest BCUT2D eigenvalue weighted by atomic mass is 35.5. The maximum atomic E-state index is 6.52. The van der Waals surface area contributed by atoms with Crippen LogP contribution in [0.5, 0.6) is 0 Å². The van der Waals surface area contributed by atoms with Gasteiger partial charge in [0, 0.05) is 48.3 Å². The monoisotopic (exact) mass is 434 g/mol. The highest BCUT2D eigenvalue weighted by Gasteiger charge is 2.21. The molecule has 2 aromatic carbocycles. The SMILES string of the molecule is Cc1c(CN2CCNCC2)nn(-c2ccc(Cl)cc2Cl)c1-c1ccc(Cl)cc1. The first kappa shape index (κ1) is 19.7. The van der Waals surface area contributed by atoms with Crippen molar-refractivity contribution in [3.05, 3.63) is 68.8 Å². The van der Waals surface area contributed by atoms with Gasteiger partial charge in [-0.3, -0.25) is 4.90 Å². The summed E-state index contributed by atoms with van der Waals surface area (Å²) in [6, 6.07) is 13.3. The first-order valence-corrected chi connectivity index (χ1v) is 10.4. The number of nitrogens with zero attached hydrogens (tertiary/aromatic N) is 3. The Labute approximate surface area is 180 Å². The van der Waals surface area contributed by atoms with Crippen molar-refractivity contribution in [2.45, 2.75) is 13.5 Å². The molecule has 1 fully saturated rings. The second kappa shape index (κ2) is 8.44. The van der Waals surface area contributed by atoms with Crippen LogP contribution in [0.15, 0.2) is 42.5 Å². The summed E-state index contributed by atoms with van der Waals surface area (Å²) in [6.45, 7) is 6.98. The minimum atomic E-state index is 0.568. The summed E-state index contributed by atoms with van der Waals surface area (Å²) in [5.74, 6) is 0. The summed E-state index contributed by atoms with van der Waals surface area (Å²) >= 11 is 18.7. The van der Waals surface area contributed by atoms with Gasteiger partial charge in [0.1, 0.15) is 0 Å². The highest BCUT2D eigenvalue weighted by Crippen LogP contribution is 2.33. The third kappa shape index (κ3) is 4.07. The van der Waals surface area contributed by atoms with Gasteiger partial charge in [-0.05, 0) is 42.8 Å². The molecular weight excluding hydrogens is 415 g/mol. The van der Waals surface area contributed by atoms with Crippen LogP contribution in [0.2, 0.25) is 15.1 Å². The molecule has 1 saturated heterocycles. The summed E-state index contributed by atoms with van der Waals surface area (Å²) in [5, 5.41) is 10.2. The average Bonchev–Trinajstić information content (AvgIpc) is 2.99. The van der Waals surface area contributed by atoms with Crippen molar-refractivity contribution >= 4 is 34.8 Å². The van der Waals surface area contributed by atoms with Gasteiger partial charge in [-0.25, -0.2) is 4.68 Å². The summed E-state index contributed by atoms with van der Waals surface area (Å²) in [5.41, 5.74) is 5.08. The Balaban J connectivity index is 1.82. The summed E-state index contributed by atoms with van der Waals surface area (Å²) < 4.78 is 1.93. The van der Waals surface area contributed by atoms with Gasteiger partial charge in [0.25, 0.3) is 0 Å². The fourth-order valence-corrected chi connectivity index (χ4v) is 4.16. The first-order chi connectivity index (χ1) is 13.5. The smallest absolute Gasteiger partial charge is 0.0840 e. The van der Waals surface area contributed by atoms with Crippen LogP contribution in [0.3, 0.4) is 0 Å². The Kier molecular flexibility index (Phi) is 5.95. The van der Waals surface area contributed by atoms with E-state index in [9.17, 15) is 0 Å². The molecule has 1 N–H and O–H groups in total. The lowest BCUT2D eigenvalue weighted by molar-refractivity contribution is 0.230. The van der Waals surface area contributed by atoms with E-state index in [1.54, 1.807) is 6.07 Å². The largest absolute Gasteiger partial charge is 0.314 e. The fraction of sp³-hybridized carbons (Fsp3) is 0.286. The van der Waals surface area contributed by atoms with E-state index in [1.165, 1.54) is 0 Å². The minimum absolute atomic E-state index is 0.568. The second-order valence-corrected chi connectivity index (χ2v) is 8.24. The summed E-state index contributed by atoms with van der Waals surface area (Å²) in [4.78, 5) is 2.42. The van der Waals surface area contributed by atoms with E-state index in [0.717, 1.165) is 60.9 Å². The Morgan fingerprint density at radius 3 is 2.32 bits per heavy atom. The van der Waals surface area contributed by atoms with Gasteiger partial charge in [0.2, 0.25) is 0 Å². The van der Waals surface area contributed by atoms with Crippen molar-refractivity contribution in [3.63, 3.8) is 0 Å². The predicted octanol–water partition coefficient (Wildman–Crippen LogP) is 5.21. The molecule has 0 spiro atoms. The molecule has 1 aromatic heterocycles. The summed E-state index contributed by atoms with van der Waals surface area (Å²) in [6.07, 6.45) is 0. The van der Waals surface area contributed by atoms with Gasteiger partial charge in [-0.1, -0.05) is 46.9 Å². The lowest BCUT2D eigenvalue weighted by Gasteiger charge is -2.26. The van der Waals surface area contributed by atoms with Crippen LogP contribution in [-0.2, 0) is 6.54 Å². The number of hydrogen-bond acceptors (Lipinski definition) is 3. The third-order valence-electron chi connectivity index (χ3n) is 5.06. The molecule has 2 heterocycles. The zero-order chi connectivity index (χ0) is 19.7. The predicted molar refractivity (Wildman–Crippen MR) is 117 cm³/mol. The molecule has 3 aromatic rings. The number of halogens is 3. The van der Waals surface area contributed by atoms with E-state index in [4.69, 9.17) is 39.9 Å². The second-order valence-electron chi connectivity index (χ2n) is 6.96. The van der Waals surface area contributed by atoms with Gasteiger partial charge in [-0.15, -0.1) is 0 Å². The van der Waals surface area contributed by atoms with Crippen LogP contribution in [0.1, 0.15) is 11.3 Å². The Morgan fingerprint density at radius 1 is 0.964 bits per heavy atom. The molecule has 0 saturated carbocycles. The molecule has 4 rings (SSSR count). The number of benzene rings is 2. The van der Waals surface area contributed by atoms with Gasteiger partial charge < -0.3 is 5.32 Å². The lowest BCUT2D eigenvalue weighted by atomic mass is 10.1. The van der Waals surface area contributed by atoms with Crippen LogP contribution in [-0.4, -0.2) is 40.9 Å². The Hall–Kier alpha value is -1.56. The van der Waals surface area contributed by atoms with Crippen molar-refractivity contribution in [3.8, 4) is 16.9 Å². The van der Waals surface area contributed by atoms with Gasteiger partial charge >= 0.3 is 0 Å². The highest BCUT2D eigenvalue weighted by molar-refractivity contribution is 6.35. The van der Waals surface area contributed by atoms with E-state index in [2.05, 4.69) is 17.1 Å². The van der Waals surface area contributed by atoms with Crippen LogP contribution in [0.25, 0.3) is 16.9 Å². The molecule has 0 aliphatic carbocycles. The van der Waals surface area contributed by atoms with E-state index < -0.39 is 0 Å². The molecular formula is C21H21Cl3N4. The van der Waals surface area contributed by atoms with Crippen molar-refractivity contribution in [2.24, 2.45) is 0 Å². The molecule has 1 aliphatic heterocycles. The fourth-order valence-electron chi connectivity index (χ4n) is 3.55. The maximum absolute atomic E-state index is 6.52. The van der Waals surface area contributed by atoms with E-state index in [-0.39, 0.29) is 0 Å². The van der Waals surface area contributed by atoms with Crippen LogP contribution < -0.4 is 5.32 Å². The van der Waals surface area contributed by atoms with Gasteiger partial charge in [-0.2, -0.15) is 5.10 Å². The Bertz CT molecular complexity index is 976. The topological polar surface area (TPSA) is 33.1 Å². The molecule has 4 nitrogen and oxygen atoms in total. The van der Waals surface area contributed by atoms with Crippen molar-refractivity contribution in [2.75, 3.05) is 26.2 Å². The summed E-state index contributed by atoms with van der Waals surface area (Å²) in [7, 11) is 0. The maximum Gasteiger partial charge on any atom is 0.0840 e. The number of aromatic nitrogens is 2. The Morgan fingerprint density at radius 2 is 1.64 bits per heavy atom. The standard InChI is InChI=1S/C21H21Cl3N4/c1-14-19(13-27-10-8-25-9-11-27)26-28(20-7-6-17(23)12-18(20)24)21(14)15-2-4-16(22)5-3-15/h2-7,12,25H,8-11,13H2,1H3. The van der Waals surface area contributed by atoms with Crippen molar-refractivity contribution in [1.29, 1.82) is 0 Å². The molecule has 146 valence electrons. The minimum Gasteiger partial charge on any atom is -0.314 e. The zero-order valence-corrected chi connectivity index (χ0v) is 17.8. The third-order valence-corrected chi connectivity index (χ3v) is 5.85. The average molecular weight is 436 g/mol. The number of hydrogen-bond donors (Lipinski definition) is 1. The van der Waals surface area contributed by atoms with Crippen molar-refractivity contribution in [1.82, 2.24) is 20.0 Å². The molecule has 7 heteroatoms. The van der Waals surface area contributed by atoms with E-state index >= 15 is 0 Å². The lowest BCUT2D eigenvalue weighted by Crippen LogP contribution is -2.43. The number of rotatable bonds is 4. The first-order valence-electron chi connectivity index (χ1n) is 9.26. The van der Waals surface area contributed by atoms with Crippen LogP contribution >= 0.6 is 34.8 Å². The number of piperazine rings is 1. The molecule has 0 amide bonds. The van der Waals surface area contributed by atoms with Gasteiger partial charge in [0.05, 0.1) is 22.1 Å².